The van der Waals surface area contributed by atoms with Crippen molar-refractivity contribution in [2.45, 2.75) is 57.8 Å². The average molecular weight is 278 g/mol. The minimum absolute atomic E-state index is 0.0549. The topological polar surface area (TPSA) is 76.2 Å². The molecule has 1 aromatic heterocycles. The third-order valence-corrected chi connectivity index (χ3v) is 4.96. The Morgan fingerprint density at radius 3 is 2.55 bits per heavy atom. The van der Waals surface area contributed by atoms with Gasteiger partial charge < -0.3 is 9.63 Å². The number of aromatic nitrogens is 2. The molecule has 5 heteroatoms. The molecule has 0 radical (unpaired) electrons. The number of carboxylic acids is 1. The summed E-state index contributed by atoms with van der Waals surface area (Å²) in [6.07, 6.45) is 5.33. The van der Waals surface area contributed by atoms with Gasteiger partial charge in [0.2, 0.25) is 5.89 Å². The summed E-state index contributed by atoms with van der Waals surface area (Å²) >= 11 is 0. The highest BCUT2D eigenvalue weighted by molar-refractivity contribution is 5.74. The van der Waals surface area contributed by atoms with Crippen molar-refractivity contribution < 1.29 is 14.4 Å². The molecule has 2 saturated carbocycles. The standard InChI is InChI=1S/C15H22N2O3/c1-8(2)9-3-5-10(6-4-9)13-16-14(20-17-13)11-7-12(11)15(18)19/h8-12H,3-7H2,1-2H3,(H,18,19). The van der Waals surface area contributed by atoms with Crippen LogP contribution in [0.5, 0.6) is 0 Å². The molecule has 1 N–H and O–H groups in total. The Morgan fingerprint density at radius 2 is 2.00 bits per heavy atom. The molecule has 0 amide bonds. The van der Waals surface area contributed by atoms with E-state index in [0.717, 1.165) is 30.5 Å². The van der Waals surface area contributed by atoms with Gasteiger partial charge in [0.1, 0.15) is 0 Å². The number of aliphatic carboxylic acids is 1. The van der Waals surface area contributed by atoms with Gasteiger partial charge in [-0.15, -0.1) is 0 Å². The molecule has 2 atom stereocenters. The van der Waals surface area contributed by atoms with Crippen molar-refractivity contribution in [2.24, 2.45) is 17.8 Å². The van der Waals surface area contributed by atoms with E-state index in [2.05, 4.69) is 24.0 Å². The molecular weight excluding hydrogens is 256 g/mol. The zero-order valence-electron chi connectivity index (χ0n) is 12.1. The molecule has 3 rings (SSSR count). The third-order valence-electron chi connectivity index (χ3n) is 4.96. The van der Waals surface area contributed by atoms with Crippen LogP contribution in [0.3, 0.4) is 0 Å². The van der Waals surface area contributed by atoms with Crippen molar-refractivity contribution in [3.63, 3.8) is 0 Å². The largest absolute Gasteiger partial charge is 0.481 e. The van der Waals surface area contributed by atoms with E-state index in [9.17, 15) is 4.79 Å². The monoisotopic (exact) mass is 278 g/mol. The van der Waals surface area contributed by atoms with Crippen LogP contribution in [0.25, 0.3) is 0 Å². The molecule has 0 aliphatic heterocycles. The number of carboxylic acid groups (broad SMARTS) is 1. The van der Waals surface area contributed by atoms with Crippen LogP contribution in [0, 0.1) is 17.8 Å². The Kier molecular flexibility index (Phi) is 3.52. The molecule has 0 spiro atoms. The summed E-state index contributed by atoms with van der Waals surface area (Å²) < 4.78 is 5.27. The molecule has 5 nitrogen and oxygen atoms in total. The van der Waals surface area contributed by atoms with Gasteiger partial charge in [-0.25, -0.2) is 0 Å². The van der Waals surface area contributed by atoms with Crippen LogP contribution < -0.4 is 0 Å². The fraction of sp³-hybridized carbons (Fsp3) is 0.800. The summed E-state index contributed by atoms with van der Waals surface area (Å²) in [5, 5.41) is 13.0. The Morgan fingerprint density at radius 1 is 1.30 bits per heavy atom. The maximum Gasteiger partial charge on any atom is 0.307 e. The van der Waals surface area contributed by atoms with Crippen LogP contribution in [0.4, 0.5) is 0 Å². The molecule has 1 heterocycles. The number of carbonyl (C=O) groups is 1. The van der Waals surface area contributed by atoms with E-state index in [-0.39, 0.29) is 11.8 Å². The second-order valence-electron chi connectivity index (χ2n) is 6.63. The maximum atomic E-state index is 10.9. The molecule has 2 aliphatic carbocycles. The first-order valence-corrected chi connectivity index (χ1v) is 7.62. The Labute approximate surface area is 118 Å². The first kappa shape index (κ1) is 13.6. The van der Waals surface area contributed by atoms with Crippen LogP contribution in [-0.2, 0) is 4.79 Å². The van der Waals surface area contributed by atoms with Crippen molar-refractivity contribution in [3.8, 4) is 0 Å². The Hall–Kier alpha value is -1.39. The van der Waals surface area contributed by atoms with Crippen molar-refractivity contribution >= 4 is 5.97 Å². The second kappa shape index (κ2) is 5.19. The third kappa shape index (κ3) is 2.58. The fourth-order valence-electron chi connectivity index (χ4n) is 3.35. The van der Waals surface area contributed by atoms with Crippen LogP contribution in [0.15, 0.2) is 4.52 Å². The van der Waals surface area contributed by atoms with E-state index >= 15 is 0 Å². The van der Waals surface area contributed by atoms with Gasteiger partial charge in [-0.05, 0) is 43.9 Å². The van der Waals surface area contributed by atoms with Gasteiger partial charge in [-0.3, -0.25) is 4.79 Å². The minimum Gasteiger partial charge on any atom is -0.481 e. The van der Waals surface area contributed by atoms with Crippen molar-refractivity contribution in [3.05, 3.63) is 11.7 Å². The highest BCUT2D eigenvalue weighted by Gasteiger charge is 2.48. The van der Waals surface area contributed by atoms with Crippen LogP contribution >= 0.6 is 0 Å². The first-order valence-electron chi connectivity index (χ1n) is 7.62. The molecule has 0 aromatic carbocycles. The Balaban J connectivity index is 1.60. The highest BCUT2D eigenvalue weighted by atomic mass is 16.5. The number of rotatable bonds is 4. The van der Waals surface area contributed by atoms with Crippen molar-refractivity contribution in [2.75, 3.05) is 0 Å². The predicted octanol–water partition coefficient (Wildman–Crippen LogP) is 3.19. The lowest BCUT2D eigenvalue weighted by Gasteiger charge is -2.29. The zero-order chi connectivity index (χ0) is 14.3. The lowest BCUT2D eigenvalue weighted by atomic mass is 9.77. The van der Waals surface area contributed by atoms with Gasteiger partial charge in [0.25, 0.3) is 0 Å². The summed E-state index contributed by atoms with van der Waals surface area (Å²) in [6.45, 7) is 4.58. The SMILES string of the molecule is CC(C)C1CCC(c2noc(C3CC3C(=O)O)n2)CC1. The molecule has 2 unspecified atom stereocenters. The summed E-state index contributed by atoms with van der Waals surface area (Å²) in [5.41, 5.74) is 0. The van der Waals surface area contributed by atoms with E-state index < -0.39 is 5.97 Å². The first-order chi connectivity index (χ1) is 9.56. The second-order valence-corrected chi connectivity index (χ2v) is 6.63. The number of hydrogen-bond donors (Lipinski definition) is 1. The lowest BCUT2D eigenvalue weighted by Crippen LogP contribution is -2.18. The average Bonchev–Trinajstić information content (AvgIpc) is 3.09. The summed E-state index contributed by atoms with van der Waals surface area (Å²) in [6, 6.07) is 0. The number of nitrogens with zero attached hydrogens (tertiary/aromatic N) is 2. The number of hydrogen-bond acceptors (Lipinski definition) is 4. The van der Waals surface area contributed by atoms with E-state index in [4.69, 9.17) is 9.63 Å². The molecule has 20 heavy (non-hydrogen) atoms. The molecular formula is C15H22N2O3. The lowest BCUT2D eigenvalue weighted by molar-refractivity contribution is -0.138. The molecule has 0 bridgehead atoms. The van der Waals surface area contributed by atoms with Gasteiger partial charge in [0.15, 0.2) is 5.82 Å². The smallest absolute Gasteiger partial charge is 0.307 e. The van der Waals surface area contributed by atoms with Crippen molar-refractivity contribution in [1.29, 1.82) is 0 Å². The molecule has 2 aliphatic rings. The van der Waals surface area contributed by atoms with E-state index in [0.29, 0.717) is 18.2 Å². The van der Waals surface area contributed by atoms with Crippen molar-refractivity contribution in [1.82, 2.24) is 10.1 Å². The Bertz CT molecular complexity index is 489. The summed E-state index contributed by atoms with van der Waals surface area (Å²) in [5.74, 6) is 2.14. The van der Waals surface area contributed by atoms with Gasteiger partial charge in [0, 0.05) is 5.92 Å². The van der Waals surface area contributed by atoms with Gasteiger partial charge in [0.05, 0.1) is 11.8 Å². The van der Waals surface area contributed by atoms with Crippen LogP contribution in [0.2, 0.25) is 0 Å². The highest BCUT2D eigenvalue weighted by Crippen LogP contribution is 2.47. The van der Waals surface area contributed by atoms with Gasteiger partial charge >= 0.3 is 5.97 Å². The molecule has 0 saturated heterocycles. The van der Waals surface area contributed by atoms with Gasteiger partial charge in [-0.2, -0.15) is 4.98 Å². The summed E-state index contributed by atoms with van der Waals surface area (Å²) in [4.78, 5) is 15.3. The van der Waals surface area contributed by atoms with Gasteiger partial charge in [-0.1, -0.05) is 19.0 Å². The van der Waals surface area contributed by atoms with E-state index in [1.54, 1.807) is 0 Å². The van der Waals surface area contributed by atoms with Crippen LogP contribution in [-0.4, -0.2) is 21.2 Å². The quantitative estimate of drug-likeness (QED) is 0.915. The van der Waals surface area contributed by atoms with E-state index in [1.165, 1.54) is 12.8 Å². The van der Waals surface area contributed by atoms with E-state index in [1.807, 2.05) is 0 Å². The molecule has 2 fully saturated rings. The summed E-state index contributed by atoms with van der Waals surface area (Å²) in [7, 11) is 0. The minimum atomic E-state index is -0.757. The molecule has 110 valence electrons. The fourth-order valence-corrected chi connectivity index (χ4v) is 3.35. The zero-order valence-corrected chi connectivity index (χ0v) is 12.1. The normalized spacial score (nSPS) is 33.4. The molecule has 1 aromatic rings. The predicted molar refractivity (Wildman–Crippen MR) is 72.3 cm³/mol. The van der Waals surface area contributed by atoms with Crippen LogP contribution in [0.1, 0.15) is 69.5 Å². The maximum absolute atomic E-state index is 10.9.